The van der Waals surface area contributed by atoms with Gasteiger partial charge in [0, 0.05) is 12.3 Å². The average molecular weight is 170 g/mol. The van der Waals surface area contributed by atoms with Crippen molar-refractivity contribution < 1.29 is 10.2 Å². The number of rotatable bonds is 1. The maximum atomic E-state index is 9.22. The SMILES string of the molecule is CC(O)N1C=CC(N=N)=N[C@H]1O. The summed E-state index contributed by atoms with van der Waals surface area (Å²) in [4.78, 5) is 4.83. The van der Waals surface area contributed by atoms with Crippen molar-refractivity contribution in [3.05, 3.63) is 12.3 Å². The summed E-state index contributed by atoms with van der Waals surface area (Å²) in [5.41, 5.74) is 6.61. The van der Waals surface area contributed by atoms with Crippen LogP contribution in [0.4, 0.5) is 0 Å². The van der Waals surface area contributed by atoms with Crippen molar-refractivity contribution in [3.63, 3.8) is 0 Å². The van der Waals surface area contributed by atoms with Gasteiger partial charge >= 0.3 is 0 Å². The van der Waals surface area contributed by atoms with Crippen LogP contribution in [0.15, 0.2) is 22.4 Å². The number of amidine groups is 1. The van der Waals surface area contributed by atoms with E-state index < -0.39 is 12.6 Å². The van der Waals surface area contributed by atoms with Crippen molar-refractivity contribution in [1.29, 1.82) is 5.53 Å². The molecule has 0 saturated carbocycles. The molecule has 2 atom stereocenters. The van der Waals surface area contributed by atoms with E-state index >= 15 is 0 Å². The first kappa shape index (κ1) is 8.82. The molecule has 3 N–H and O–H groups in total. The molecule has 0 spiro atoms. The second kappa shape index (κ2) is 3.42. The fourth-order valence-corrected chi connectivity index (χ4v) is 0.841. The molecule has 1 aliphatic heterocycles. The van der Waals surface area contributed by atoms with Crippen LogP contribution < -0.4 is 0 Å². The van der Waals surface area contributed by atoms with Gasteiger partial charge in [-0.2, -0.15) is 0 Å². The molecule has 1 aliphatic rings. The number of nitrogens with zero attached hydrogens (tertiary/aromatic N) is 3. The second-order valence-corrected chi connectivity index (χ2v) is 2.34. The molecule has 0 aromatic rings. The first-order valence-corrected chi connectivity index (χ1v) is 3.42. The summed E-state index contributed by atoms with van der Waals surface area (Å²) < 4.78 is 0. The molecular weight excluding hydrogens is 160 g/mol. The summed E-state index contributed by atoms with van der Waals surface area (Å²) in [5.74, 6) is 0.138. The minimum atomic E-state index is -1.15. The smallest absolute Gasteiger partial charge is 0.229 e. The molecule has 6 heteroatoms. The minimum Gasteiger partial charge on any atom is -0.374 e. The van der Waals surface area contributed by atoms with E-state index in [4.69, 9.17) is 10.6 Å². The Hall–Kier alpha value is -1.27. The molecule has 12 heavy (non-hydrogen) atoms. The zero-order valence-corrected chi connectivity index (χ0v) is 6.55. The van der Waals surface area contributed by atoms with Crippen molar-refractivity contribution in [2.45, 2.75) is 19.5 Å². The average Bonchev–Trinajstić information content (AvgIpc) is 2.03. The summed E-state index contributed by atoms with van der Waals surface area (Å²) in [6.45, 7) is 1.51. The third-order valence-corrected chi connectivity index (χ3v) is 1.46. The van der Waals surface area contributed by atoms with Crippen LogP contribution in [0, 0.1) is 5.53 Å². The Morgan fingerprint density at radius 2 is 2.50 bits per heavy atom. The summed E-state index contributed by atoms with van der Waals surface area (Å²) in [5, 5.41) is 21.3. The van der Waals surface area contributed by atoms with E-state index in [2.05, 4.69) is 10.1 Å². The van der Waals surface area contributed by atoms with Crippen LogP contribution in [0.1, 0.15) is 6.92 Å². The predicted molar refractivity (Wildman–Crippen MR) is 41.2 cm³/mol. The van der Waals surface area contributed by atoms with Gasteiger partial charge in [0.25, 0.3) is 0 Å². The molecule has 0 aliphatic carbocycles. The van der Waals surface area contributed by atoms with Crippen LogP contribution in [0.5, 0.6) is 0 Å². The molecule has 0 saturated heterocycles. The van der Waals surface area contributed by atoms with Gasteiger partial charge in [0.15, 0.2) is 5.84 Å². The zero-order valence-electron chi connectivity index (χ0n) is 6.55. The number of aliphatic imine (C=N–C) groups is 1. The number of aliphatic hydroxyl groups is 2. The Morgan fingerprint density at radius 1 is 1.83 bits per heavy atom. The van der Waals surface area contributed by atoms with E-state index in [1.807, 2.05) is 0 Å². The molecule has 1 unspecified atom stereocenters. The Labute approximate surface area is 69.3 Å². The van der Waals surface area contributed by atoms with Gasteiger partial charge in [-0.3, -0.25) is 0 Å². The van der Waals surface area contributed by atoms with E-state index in [0.29, 0.717) is 0 Å². The fourth-order valence-electron chi connectivity index (χ4n) is 0.841. The van der Waals surface area contributed by atoms with Crippen LogP contribution in [-0.4, -0.2) is 33.5 Å². The number of nitrogens with one attached hydrogen (secondary N) is 1. The second-order valence-electron chi connectivity index (χ2n) is 2.34. The first-order chi connectivity index (χ1) is 5.65. The predicted octanol–water partition coefficient (Wildman–Crippen LogP) is -0.141. The van der Waals surface area contributed by atoms with Gasteiger partial charge in [-0.15, -0.1) is 5.11 Å². The van der Waals surface area contributed by atoms with Crippen molar-refractivity contribution in [1.82, 2.24) is 4.90 Å². The van der Waals surface area contributed by atoms with Crippen molar-refractivity contribution in [2.75, 3.05) is 0 Å². The molecular formula is C6H10N4O2. The number of hydrogen-bond donors (Lipinski definition) is 3. The van der Waals surface area contributed by atoms with Gasteiger partial charge in [0.05, 0.1) is 0 Å². The van der Waals surface area contributed by atoms with Crippen LogP contribution >= 0.6 is 0 Å². The van der Waals surface area contributed by atoms with Crippen LogP contribution in [0.3, 0.4) is 0 Å². The lowest BCUT2D eigenvalue weighted by atomic mass is 10.4. The number of hydrogen-bond acceptors (Lipinski definition) is 6. The Bertz CT molecular complexity index is 236. The molecule has 0 amide bonds. The van der Waals surface area contributed by atoms with Crippen molar-refractivity contribution in [3.8, 4) is 0 Å². The summed E-state index contributed by atoms with van der Waals surface area (Å²) in [7, 11) is 0. The van der Waals surface area contributed by atoms with Gasteiger partial charge in [-0.25, -0.2) is 10.5 Å². The van der Waals surface area contributed by atoms with Gasteiger partial charge in [0.2, 0.25) is 6.35 Å². The number of aliphatic hydroxyl groups excluding tert-OH is 2. The van der Waals surface area contributed by atoms with Gasteiger partial charge < -0.3 is 15.1 Å². The topological polar surface area (TPSA) is 92.3 Å². The standard InChI is InChI=1S/C6H10N4O2/c1-4(11)10-3-2-5(9-7)8-6(10)12/h2-4,6-7,11-12H,1H3/t4?,6-/m1/s1. The molecule has 0 bridgehead atoms. The monoisotopic (exact) mass is 170 g/mol. The summed E-state index contributed by atoms with van der Waals surface area (Å²) in [6, 6.07) is 0. The highest BCUT2D eigenvalue weighted by atomic mass is 16.3. The molecule has 0 fully saturated rings. The molecule has 66 valence electrons. The molecule has 0 aromatic carbocycles. The molecule has 1 heterocycles. The lowest BCUT2D eigenvalue weighted by Crippen LogP contribution is -2.38. The van der Waals surface area contributed by atoms with Crippen LogP contribution in [0.2, 0.25) is 0 Å². The van der Waals surface area contributed by atoms with E-state index in [-0.39, 0.29) is 5.84 Å². The Morgan fingerprint density at radius 3 is 2.92 bits per heavy atom. The lowest BCUT2D eigenvalue weighted by Gasteiger charge is -2.28. The van der Waals surface area contributed by atoms with E-state index in [1.54, 1.807) is 0 Å². The van der Waals surface area contributed by atoms with Gasteiger partial charge in [-0.1, -0.05) is 0 Å². The molecule has 0 aromatic heterocycles. The molecule has 0 radical (unpaired) electrons. The van der Waals surface area contributed by atoms with E-state index in [0.717, 1.165) is 0 Å². The highest BCUT2D eigenvalue weighted by Gasteiger charge is 2.18. The third kappa shape index (κ3) is 1.66. The summed E-state index contributed by atoms with van der Waals surface area (Å²) >= 11 is 0. The first-order valence-electron chi connectivity index (χ1n) is 3.42. The fraction of sp³-hybridized carbons (Fsp3) is 0.500. The normalized spacial score (nSPS) is 25.1. The maximum Gasteiger partial charge on any atom is 0.229 e. The molecule has 6 nitrogen and oxygen atoms in total. The van der Waals surface area contributed by atoms with E-state index in [1.165, 1.54) is 24.1 Å². The molecule has 1 rings (SSSR count). The Balaban J connectivity index is 2.74. The van der Waals surface area contributed by atoms with Crippen molar-refractivity contribution in [2.24, 2.45) is 10.1 Å². The Kier molecular flexibility index (Phi) is 2.51. The highest BCUT2D eigenvalue weighted by molar-refractivity contribution is 5.93. The van der Waals surface area contributed by atoms with E-state index in [9.17, 15) is 5.11 Å². The minimum absolute atomic E-state index is 0.138. The highest BCUT2D eigenvalue weighted by Crippen LogP contribution is 2.09. The van der Waals surface area contributed by atoms with Crippen LogP contribution in [0.25, 0.3) is 0 Å². The lowest BCUT2D eigenvalue weighted by molar-refractivity contribution is -0.0574. The quantitative estimate of drug-likeness (QED) is 0.478. The zero-order chi connectivity index (χ0) is 9.14. The van der Waals surface area contributed by atoms with Crippen LogP contribution in [-0.2, 0) is 0 Å². The largest absolute Gasteiger partial charge is 0.374 e. The van der Waals surface area contributed by atoms with Gasteiger partial charge in [-0.05, 0) is 6.92 Å². The third-order valence-electron chi connectivity index (χ3n) is 1.46. The van der Waals surface area contributed by atoms with Crippen molar-refractivity contribution >= 4 is 5.84 Å². The maximum absolute atomic E-state index is 9.22. The summed E-state index contributed by atoms with van der Waals surface area (Å²) in [6.07, 6.45) is 0.911. The van der Waals surface area contributed by atoms with Gasteiger partial charge in [0.1, 0.15) is 6.23 Å².